The molecule has 4 heteroatoms. The van der Waals surface area contributed by atoms with Crippen LogP contribution >= 0.6 is 0 Å². The molecule has 0 atom stereocenters. The van der Waals surface area contributed by atoms with E-state index in [1.54, 1.807) is 13.3 Å². The summed E-state index contributed by atoms with van der Waals surface area (Å²) in [5, 5.41) is 3.30. The maximum atomic E-state index is 5.91. The van der Waals surface area contributed by atoms with E-state index in [2.05, 4.69) is 10.3 Å². The number of aryl methyl sites for hydroxylation is 1. The second-order valence-electron chi connectivity index (χ2n) is 4.50. The molecule has 20 heavy (non-hydrogen) atoms. The summed E-state index contributed by atoms with van der Waals surface area (Å²) in [5.41, 5.74) is 2.13. The lowest BCUT2D eigenvalue weighted by atomic mass is 10.2. The number of methoxy groups -OCH3 is 1. The topological polar surface area (TPSA) is 43.4 Å². The third-order valence-corrected chi connectivity index (χ3v) is 2.95. The summed E-state index contributed by atoms with van der Waals surface area (Å²) in [6, 6.07) is 11.9. The Labute approximate surface area is 119 Å². The summed E-state index contributed by atoms with van der Waals surface area (Å²) in [7, 11) is 1.69. The van der Waals surface area contributed by atoms with Crippen molar-refractivity contribution in [3.05, 3.63) is 53.7 Å². The van der Waals surface area contributed by atoms with Crippen LogP contribution in [0.15, 0.2) is 42.6 Å². The highest BCUT2D eigenvalue weighted by Crippen LogP contribution is 2.25. The molecule has 1 aromatic carbocycles. The van der Waals surface area contributed by atoms with Crippen LogP contribution in [0.4, 0.5) is 0 Å². The smallest absolute Gasteiger partial charge is 0.223 e. The number of para-hydroxylation sites is 1. The van der Waals surface area contributed by atoms with Gasteiger partial charge in [0.25, 0.3) is 0 Å². The van der Waals surface area contributed by atoms with E-state index >= 15 is 0 Å². The molecule has 1 aromatic heterocycles. The third-order valence-electron chi connectivity index (χ3n) is 2.95. The van der Waals surface area contributed by atoms with Gasteiger partial charge >= 0.3 is 0 Å². The standard InChI is InChI=1S/C16H20N2O2/c1-13-6-3-4-8-15(13)20-16-14(7-5-9-18-16)12-17-10-11-19-2/h3-9,17H,10-12H2,1-2H3. The van der Waals surface area contributed by atoms with E-state index in [9.17, 15) is 0 Å². The van der Waals surface area contributed by atoms with Crippen LogP contribution in [0.1, 0.15) is 11.1 Å². The molecule has 106 valence electrons. The molecule has 0 saturated heterocycles. The van der Waals surface area contributed by atoms with Gasteiger partial charge in [0.2, 0.25) is 5.88 Å². The van der Waals surface area contributed by atoms with Crippen LogP contribution in [-0.2, 0) is 11.3 Å². The van der Waals surface area contributed by atoms with E-state index in [1.165, 1.54) is 0 Å². The molecule has 0 spiro atoms. The van der Waals surface area contributed by atoms with Crippen LogP contribution in [0, 0.1) is 6.92 Å². The molecular formula is C16H20N2O2. The van der Waals surface area contributed by atoms with Crippen molar-refractivity contribution in [1.29, 1.82) is 0 Å². The molecule has 0 bridgehead atoms. The number of nitrogens with zero attached hydrogens (tertiary/aromatic N) is 1. The Balaban J connectivity index is 2.06. The van der Waals surface area contributed by atoms with Crippen LogP contribution in [0.5, 0.6) is 11.6 Å². The molecular weight excluding hydrogens is 252 g/mol. The van der Waals surface area contributed by atoms with Crippen LogP contribution in [0.2, 0.25) is 0 Å². The van der Waals surface area contributed by atoms with E-state index in [1.807, 2.05) is 43.3 Å². The minimum atomic E-state index is 0.645. The Morgan fingerprint density at radius 2 is 2.00 bits per heavy atom. The molecule has 0 aliphatic heterocycles. The fourth-order valence-corrected chi connectivity index (χ4v) is 1.82. The largest absolute Gasteiger partial charge is 0.438 e. The van der Waals surface area contributed by atoms with E-state index in [4.69, 9.17) is 9.47 Å². The molecule has 0 radical (unpaired) electrons. The van der Waals surface area contributed by atoms with Crippen molar-refractivity contribution in [1.82, 2.24) is 10.3 Å². The summed E-state index contributed by atoms with van der Waals surface area (Å²) < 4.78 is 10.9. The maximum Gasteiger partial charge on any atom is 0.223 e. The van der Waals surface area contributed by atoms with Crippen molar-refractivity contribution in [3.8, 4) is 11.6 Å². The first-order valence-corrected chi connectivity index (χ1v) is 6.68. The van der Waals surface area contributed by atoms with Gasteiger partial charge in [0.05, 0.1) is 6.61 Å². The van der Waals surface area contributed by atoms with Crippen LogP contribution in [-0.4, -0.2) is 25.2 Å². The zero-order valence-corrected chi connectivity index (χ0v) is 11.9. The summed E-state index contributed by atoms with van der Waals surface area (Å²) in [6.07, 6.45) is 1.74. The van der Waals surface area contributed by atoms with Gasteiger partial charge in [0.1, 0.15) is 5.75 Å². The van der Waals surface area contributed by atoms with Gasteiger partial charge in [-0.05, 0) is 24.6 Å². The van der Waals surface area contributed by atoms with Crippen molar-refractivity contribution in [3.63, 3.8) is 0 Å². The number of rotatable bonds is 7. The number of nitrogens with one attached hydrogen (secondary N) is 1. The predicted molar refractivity (Wildman–Crippen MR) is 79.1 cm³/mol. The SMILES string of the molecule is COCCNCc1cccnc1Oc1ccccc1C. The molecule has 1 N–H and O–H groups in total. The molecule has 2 rings (SSSR count). The highest BCUT2D eigenvalue weighted by atomic mass is 16.5. The number of benzene rings is 1. The predicted octanol–water partition coefficient (Wildman–Crippen LogP) is 2.92. The molecule has 0 unspecified atom stereocenters. The fourth-order valence-electron chi connectivity index (χ4n) is 1.82. The van der Waals surface area contributed by atoms with Gasteiger partial charge in [0, 0.05) is 32.0 Å². The van der Waals surface area contributed by atoms with Crippen molar-refractivity contribution < 1.29 is 9.47 Å². The number of hydrogen-bond donors (Lipinski definition) is 1. The molecule has 0 amide bonds. The van der Waals surface area contributed by atoms with Crippen molar-refractivity contribution in [2.75, 3.05) is 20.3 Å². The maximum absolute atomic E-state index is 5.91. The van der Waals surface area contributed by atoms with Gasteiger partial charge in [-0.15, -0.1) is 0 Å². The molecule has 0 aliphatic rings. The minimum absolute atomic E-state index is 0.645. The van der Waals surface area contributed by atoms with E-state index < -0.39 is 0 Å². The molecule has 1 heterocycles. The molecule has 2 aromatic rings. The second kappa shape index (κ2) is 7.62. The number of aromatic nitrogens is 1. The molecule has 0 fully saturated rings. The minimum Gasteiger partial charge on any atom is -0.438 e. The summed E-state index contributed by atoms with van der Waals surface area (Å²) in [4.78, 5) is 4.32. The Hall–Kier alpha value is -1.91. The Morgan fingerprint density at radius 3 is 2.80 bits per heavy atom. The molecule has 4 nitrogen and oxygen atoms in total. The van der Waals surface area contributed by atoms with Crippen molar-refractivity contribution in [2.24, 2.45) is 0 Å². The normalized spacial score (nSPS) is 10.5. The monoisotopic (exact) mass is 272 g/mol. The van der Waals surface area contributed by atoms with E-state index in [0.717, 1.165) is 23.4 Å². The third kappa shape index (κ3) is 4.05. The molecule has 0 saturated carbocycles. The zero-order chi connectivity index (χ0) is 14.2. The lowest BCUT2D eigenvalue weighted by molar-refractivity contribution is 0.199. The van der Waals surface area contributed by atoms with E-state index in [0.29, 0.717) is 19.0 Å². The van der Waals surface area contributed by atoms with Crippen molar-refractivity contribution >= 4 is 0 Å². The average molecular weight is 272 g/mol. The Morgan fingerprint density at radius 1 is 1.15 bits per heavy atom. The fraction of sp³-hybridized carbons (Fsp3) is 0.312. The van der Waals surface area contributed by atoms with Gasteiger partial charge in [-0.2, -0.15) is 0 Å². The number of pyridine rings is 1. The highest BCUT2D eigenvalue weighted by Gasteiger charge is 2.07. The lowest BCUT2D eigenvalue weighted by Crippen LogP contribution is -2.19. The van der Waals surface area contributed by atoms with Gasteiger partial charge < -0.3 is 14.8 Å². The van der Waals surface area contributed by atoms with Gasteiger partial charge in [0.15, 0.2) is 0 Å². The first-order valence-electron chi connectivity index (χ1n) is 6.68. The lowest BCUT2D eigenvalue weighted by Gasteiger charge is -2.12. The van der Waals surface area contributed by atoms with Crippen LogP contribution < -0.4 is 10.1 Å². The van der Waals surface area contributed by atoms with Crippen LogP contribution in [0.3, 0.4) is 0 Å². The molecule has 0 aliphatic carbocycles. The van der Waals surface area contributed by atoms with Crippen molar-refractivity contribution in [2.45, 2.75) is 13.5 Å². The van der Waals surface area contributed by atoms with E-state index in [-0.39, 0.29) is 0 Å². The Bertz CT molecular complexity index is 544. The van der Waals surface area contributed by atoms with Gasteiger partial charge in [-0.3, -0.25) is 0 Å². The summed E-state index contributed by atoms with van der Waals surface area (Å²) >= 11 is 0. The first-order chi connectivity index (χ1) is 9.81. The summed E-state index contributed by atoms with van der Waals surface area (Å²) in [6.45, 7) is 4.22. The second-order valence-corrected chi connectivity index (χ2v) is 4.50. The summed E-state index contributed by atoms with van der Waals surface area (Å²) in [5.74, 6) is 1.48. The Kier molecular flexibility index (Phi) is 5.53. The average Bonchev–Trinajstić information content (AvgIpc) is 2.47. The number of hydrogen-bond acceptors (Lipinski definition) is 4. The number of ether oxygens (including phenoxy) is 2. The van der Waals surface area contributed by atoms with Gasteiger partial charge in [-0.25, -0.2) is 4.98 Å². The zero-order valence-electron chi connectivity index (χ0n) is 11.9. The highest BCUT2D eigenvalue weighted by molar-refractivity contribution is 5.37. The van der Waals surface area contributed by atoms with Gasteiger partial charge in [-0.1, -0.05) is 24.3 Å². The quantitative estimate of drug-likeness (QED) is 0.787. The van der Waals surface area contributed by atoms with Crippen LogP contribution in [0.25, 0.3) is 0 Å². The first kappa shape index (κ1) is 14.5.